The smallest absolute Gasteiger partial charge is 0.166 e. The Hall–Kier alpha value is -8.77. The Morgan fingerprint density at radius 2 is 0.735 bits per heavy atom. The van der Waals surface area contributed by atoms with Gasteiger partial charge in [0.2, 0.25) is 0 Å². The summed E-state index contributed by atoms with van der Waals surface area (Å²) in [7, 11) is 0. The van der Waals surface area contributed by atoms with E-state index >= 15 is 0 Å². The molecule has 0 fully saturated rings. The SMILES string of the molecule is c1ccc(-c2ccc(-c3nc(-c4ccccc4)nc(-c4ccc(-c5cccc6c5sc5ccccc56)cc4)n3)c(-n3c4cccc(-c5ccccc5)c4c4c(-c5ccccc5)cccc43)c2)cc1. The largest absolute Gasteiger partial charge is 0.308 e. The van der Waals surface area contributed by atoms with Gasteiger partial charge in [0.25, 0.3) is 0 Å². The monoisotopic (exact) mass is 884 g/mol. The zero-order chi connectivity index (χ0) is 45.0. The molecule has 0 aliphatic rings. The number of rotatable bonds is 8. The molecular formula is C63H40N4S. The lowest BCUT2D eigenvalue weighted by atomic mass is 9.95. The summed E-state index contributed by atoms with van der Waals surface area (Å²) < 4.78 is 5.02. The maximum atomic E-state index is 5.41. The minimum atomic E-state index is 0.594. The van der Waals surface area contributed by atoms with Gasteiger partial charge in [0.15, 0.2) is 17.5 Å². The van der Waals surface area contributed by atoms with Gasteiger partial charge in [-0.2, -0.15) is 0 Å². The van der Waals surface area contributed by atoms with Gasteiger partial charge in [-0.15, -0.1) is 11.3 Å². The van der Waals surface area contributed by atoms with Crippen LogP contribution in [0.15, 0.2) is 243 Å². The average Bonchev–Trinajstić information content (AvgIpc) is 3.98. The van der Waals surface area contributed by atoms with E-state index in [0.29, 0.717) is 17.5 Å². The van der Waals surface area contributed by atoms with Crippen LogP contribution < -0.4 is 0 Å². The Labute approximate surface area is 397 Å². The fourth-order valence-electron chi connectivity index (χ4n) is 9.92. The zero-order valence-electron chi connectivity index (χ0n) is 36.8. The molecule has 13 rings (SSSR count). The van der Waals surface area contributed by atoms with Crippen molar-refractivity contribution in [3.05, 3.63) is 243 Å². The minimum Gasteiger partial charge on any atom is -0.308 e. The first kappa shape index (κ1) is 39.6. The number of thiophene rings is 1. The van der Waals surface area contributed by atoms with Gasteiger partial charge >= 0.3 is 0 Å². The molecule has 0 aliphatic carbocycles. The fourth-order valence-corrected chi connectivity index (χ4v) is 11.2. The van der Waals surface area contributed by atoms with Crippen molar-refractivity contribution < 1.29 is 0 Å². The third-order valence-electron chi connectivity index (χ3n) is 13.1. The Morgan fingerprint density at radius 3 is 1.35 bits per heavy atom. The van der Waals surface area contributed by atoms with E-state index in [9.17, 15) is 0 Å². The van der Waals surface area contributed by atoms with E-state index < -0.39 is 0 Å². The topological polar surface area (TPSA) is 43.6 Å². The van der Waals surface area contributed by atoms with Crippen molar-refractivity contribution in [3.63, 3.8) is 0 Å². The molecule has 0 aliphatic heterocycles. The molecule has 10 aromatic carbocycles. The first-order valence-corrected chi connectivity index (χ1v) is 23.7. The van der Waals surface area contributed by atoms with Gasteiger partial charge in [-0.1, -0.05) is 212 Å². The molecule has 0 spiro atoms. The maximum Gasteiger partial charge on any atom is 0.166 e. The molecule has 4 nitrogen and oxygen atoms in total. The van der Waals surface area contributed by atoms with Crippen molar-refractivity contribution in [2.75, 3.05) is 0 Å². The molecule has 0 amide bonds. The van der Waals surface area contributed by atoms with Crippen molar-refractivity contribution >= 4 is 53.3 Å². The van der Waals surface area contributed by atoms with E-state index in [1.165, 1.54) is 58.8 Å². The summed E-state index contributed by atoms with van der Waals surface area (Å²) in [6, 6.07) is 86.4. The van der Waals surface area contributed by atoms with Crippen molar-refractivity contribution in [2.24, 2.45) is 0 Å². The molecule has 0 saturated carbocycles. The highest BCUT2D eigenvalue weighted by Crippen LogP contribution is 2.45. The third kappa shape index (κ3) is 6.79. The van der Waals surface area contributed by atoms with E-state index in [2.05, 4.69) is 229 Å². The van der Waals surface area contributed by atoms with Crippen molar-refractivity contribution in [1.82, 2.24) is 19.5 Å². The van der Waals surface area contributed by atoms with Gasteiger partial charge in [-0.25, -0.2) is 15.0 Å². The predicted molar refractivity (Wildman–Crippen MR) is 285 cm³/mol. The summed E-state index contributed by atoms with van der Waals surface area (Å²) in [4.78, 5) is 16.0. The quantitative estimate of drug-likeness (QED) is 0.153. The highest BCUT2D eigenvalue weighted by molar-refractivity contribution is 7.26. The van der Waals surface area contributed by atoms with Gasteiger partial charge in [0.1, 0.15) is 0 Å². The molecule has 0 unspecified atom stereocenters. The maximum absolute atomic E-state index is 5.41. The van der Waals surface area contributed by atoms with Gasteiger partial charge in [0.05, 0.1) is 16.7 Å². The molecule has 0 atom stereocenters. The molecule has 5 heteroatoms. The van der Waals surface area contributed by atoms with Gasteiger partial charge in [-0.05, 0) is 74.8 Å². The van der Waals surface area contributed by atoms with Crippen molar-refractivity contribution in [1.29, 1.82) is 0 Å². The summed E-state index contributed by atoms with van der Waals surface area (Å²) in [5.41, 5.74) is 15.2. The molecular weight excluding hydrogens is 845 g/mol. The summed E-state index contributed by atoms with van der Waals surface area (Å²) in [5, 5.41) is 4.96. The second-order valence-electron chi connectivity index (χ2n) is 17.1. The third-order valence-corrected chi connectivity index (χ3v) is 14.3. The lowest BCUT2D eigenvalue weighted by Gasteiger charge is -2.17. The molecule has 13 aromatic rings. The standard InChI is InChI=1S/C63H40N4S/c1-5-18-41(19-6-1)47-38-39-53(56(40-47)67-54-31-16-27-48(42-20-7-2-8-21-42)58(54)59-49(28-17-32-55(59)67)43-22-9-3-10-23-43)63-65-61(45-24-11-4-12-25-45)64-62(66-63)46-36-34-44(35-37-46)50-29-15-30-52-51-26-13-14-33-57(51)68-60(50)52/h1-40H. The molecule has 68 heavy (non-hydrogen) atoms. The molecule has 0 N–H and O–H groups in total. The Morgan fingerprint density at radius 1 is 0.294 bits per heavy atom. The fraction of sp³-hybridized carbons (Fsp3) is 0. The number of fused-ring (bicyclic) bond motifs is 6. The summed E-state index contributed by atoms with van der Waals surface area (Å²) in [6.45, 7) is 0. The van der Waals surface area contributed by atoms with Crippen molar-refractivity contribution in [2.45, 2.75) is 0 Å². The highest BCUT2D eigenvalue weighted by atomic mass is 32.1. The number of nitrogens with zero attached hydrogens (tertiary/aromatic N) is 4. The van der Waals surface area contributed by atoms with Crippen LogP contribution in [-0.4, -0.2) is 19.5 Å². The first-order valence-electron chi connectivity index (χ1n) is 22.9. The Bertz CT molecular complexity index is 3890. The second-order valence-corrected chi connectivity index (χ2v) is 18.1. The van der Waals surface area contributed by atoms with E-state index in [-0.39, 0.29) is 0 Å². The van der Waals surface area contributed by atoms with Gasteiger partial charge in [0, 0.05) is 47.6 Å². The average molecular weight is 885 g/mol. The number of hydrogen-bond acceptors (Lipinski definition) is 4. The van der Waals surface area contributed by atoms with Crippen LogP contribution in [0.25, 0.3) is 126 Å². The van der Waals surface area contributed by atoms with Crippen LogP contribution in [-0.2, 0) is 0 Å². The van der Waals surface area contributed by atoms with Gasteiger partial charge in [-0.3, -0.25) is 0 Å². The summed E-state index contributed by atoms with van der Waals surface area (Å²) in [5.74, 6) is 1.82. The molecule has 318 valence electrons. The van der Waals surface area contributed by atoms with E-state index in [1.807, 2.05) is 29.5 Å². The van der Waals surface area contributed by atoms with Crippen LogP contribution in [0.4, 0.5) is 0 Å². The van der Waals surface area contributed by atoms with Crippen LogP contribution in [0.3, 0.4) is 0 Å². The Balaban J connectivity index is 1.05. The Kier molecular flexibility index (Phi) is 9.66. The number of benzene rings is 10. The lowest BCUT2D eigenvalue weighted by Crippen LogP contribution is -2.04. The zero-order valence-corrected chi connectivity index (χ0v) is 37.6. The van der Waals surface area contributed by atoms with Gasteiger partial charge < -0.3 is 4.57 Å². The van der Waals surface area contributed by atoms with Crippen LogP contribution in [0, 0.1) is 0 Å². The molecule has 0 saturated heterocycles. The highest BCUT2D eigenvalue weighted by Gasteiger charge is 2.24. The molecule has 0 bridgehead atoms. The number of hydrogen-bond donors (Lipinski definition) is 0. The number of aromatic nitrogens is 4. The minimum absolute atomic E-state index is 0.594. The van der Waals surface area contributed by atoms with Crippen LogP contribution >= 0.6 is 11.3 Å². The first-order chi connectivity index (χ1) is 33.7. The van der Waals surface area contributed by atoms with Crippen LogP contribution in [0.1, 0.15) is 0 Å². The van der Waals surface area contributed by atoms with Crippen molar-refractivity contribution in [3.8, 4) is 84.4 Å². The lowest BCUT2D eigenvalue weighted by molar-refractivity contribution is 1.06. The van der Waals surface area contributed by atoms with E-state index in [1.54, 1.807) is 0 Å². The van der Waals surface area contributed by atoms with Crippen LogP contribution in [0.2, 0.25) is 0 Å². The predicted octanol–water partition coefficient (Wildman–Crippen LogP) is 17.0. The molecule has 3 aromatic heterocycles. The summed E-state index contributed by atoms with van der Waals surface area (Å²) in [6.07, 6.45) is 0. The molecule has 3 heterocycles. The second kappa shape index (κ2) is 16.6. The van der Waals surface area contributed by atoms with Crippen LogP contribution in [0.5, 0.6) is 0 Å². The summed E-state index contributed by atoms with van der Waals surface area (Å²) >= 11 is 1.85. The van der Waals surface area contributed by atoms with E-state index in [0.717, 1.165) is 50.1 Å². The molecule has 0 radical (unpaired) electrons. The normalized spacial score (nSPS) is 11.5. The van der Waals surface area contributed by atoms with E-state index in [4.69, 9.17) is 15.0 Å².